The fourth-order valence-electron chi connectivity index (χ4n) is 2.98. The lowest BCUT2D eigenvalue weighted by atomic mass is 10.1. The zero-order valence-corrected chi connectivity index (χ0v) is 18.2. The number of urea groups is 1. The molecule has 1 aromatic heterocycles. The molecule has 0 radical (unpaired) electrons. The first-order chi connectivity index (χ1) is 16.1. The van der Waals surface area contributed by atoms with Crippen molar-refractivity contribution in [2.45, 2.75) is 19.6 Å². The third-order valence-electron chi connectivity index (χ3n) is 4.65. The van der Waals surface area contributed by atoms with Crippen LogP contribution in [0.3, 0.4) is 0 Å². The summed E-state index contributed by atoms with van der Waals surface area (Å²) in [4.78, 5) is 59.6. The second-order valence-electron chi connectivity index (χ2n) is 6.90. The second-order valence-corrected chi connectivity index (χ2v) is 6.90. The van der Waals surface area contributed by atoms with Crippen molar-refractivity contribution in [3.8, 4) is 5.75 Å². The Morgan fingerprint density at radius 2 is 1.94 bits per heavy atom. The van der Waals surface area contributed by atoms with Gasteiger partial charge in [-0.2, -0.15) is 0 Å². The SMILES string of the molecule is COC(=O)c1ccc(CN2C(=O)NC(=Cc3ccc(OC(C)C(=O)OC)c([N+](=O)[O-])c3)C2=O)o1. The van der Waals surface area contributed by atoms with Crippen LogP contribution in [0.5, 0.6) is 5.75 Å². The van der Waals surface area contributed by atoms with Crippen molar-refractivity contribution in [2.24, 2.45) is 0 Å². The number of amides is 3. The summed E-state index contributed by atoms with van der Waals surface area (Å²) in [6.45, 7) is 1.12. The van der Waals surface area contributed by atoms with Gasteiger partial charge in [0.15, 0.2) is 11.9 Å². The smallest absolute Gasteiger partial charge is 0.373 e. The van der Waals surface area contributed by atoms with E-state index in [1.54, 1.807) is 0 Å². The Labute approximate surface area is 192 Å². The van der Waals surface area contributed by atoms with Gasteiger partial charge in [-0.05, 0) is 36.8 Å². The maximum absolute atomic E-state index is 12.7. The van der Waals surface area contributed by atoms with Gasteiger partial charge in [0.2, 0.25) is 5.76 Å². The standard InChI is InChI=1S/C21H19N3O10/c1-11(19(26)31-2)33-16-6-4-12(9-15(16)24(29)30)8-14-18(25)23(21(28)22-14)10-13-5-7-17(34-13)20(27)32-3/h4-9,11H,10H2,1-3H3,(H,22,28). The summed E-state index contributed by atoms with van der Waals surface area (Å²) in [6, 6.07) is 5.83. The van der Waals surface area contributed by atoms with Crippen LogP contribution in [0.1, 0.15) is 28.8 Å². The summed E-state index contributed by atoms with van der Waals surface area (Å²) in [5, 5.41) is 13.9. The number of carbonyl (C=O) groups excluding carboxylic acids is 4. The Hall–Kier alpha value is -4.68. The number of nitro benzene ring substituents is 1. The van der Waals surface area contributed by atoms with Gasteiger partial charge in [0.25, 0.3) is 5.91 Å². The average molecular weight is 473 g/mol. The van der Waals surface area contributed by atoms with Crippen LogP contribution in [0.4, 0.5) is 10.5 Å². The van der Waals surface area contributed by atoms with Crippen LogP contribution in [0.15, 0.2) is 40.4 Å². The van der Waals surface area contributed by atoms with E-state index in [1.807, 2.05) is 0 Å². The van der Waals surface area contributed by atoms with Crippen molar-refractivity contribution in [3.63, 3.8) is 0 Å². The third-order valence-corrected chi connectivity index (χ3v) is 4.65. The maximum atomic E-state index is 12.7. The molecule has 2 aromatic rings. The maximum Gasteiger partial charge on any atom is 0.373 e. The molecule has 1 aliphatic rings. The van der Waals surface area contributed by atoms with Crippen molar-refractivity contribution in [2.75, 3.05) is 14.2 Å². The van der Waals surface area contributed by atoms with Gasteiger partial charge in [0.05, 0.1) is 25.7 Å². The van der Waals surface area contributed by atoms with Gasteiger partial charge >= 0.3 is 23.7 Å². The Kier molecular flexibility index (Phi) is 6.95. The third kappa shape index (κ3) is 5.03. The minimum absolute atomic E-state index is 0.0866. The second kappa shape index (κ2) is 9.85. The van der Waals surface area contributed by atoms with E-state index in [2.05, 4.69) is 14.8 Å². The number of esters is 2. The van der Waals surface area contributed by atoms with Crippen LogP contribution in [-0.2, 0) is 25.6 Å². The van der Waals surface area contributed by atoms with Crippen molar-refractivity contribution in [3.05, 3.63) is 63.2 Å². The average Bonchev–Trinajstić information content (AvgIpc) is 3.39. The van der Waals surface area contributed by atoms with Gasteiger partial charge in [0.1, 0.15) is 11.5 Å². The number of methoxy groups -OCH3 is 2. The van der Waals surface area contributed by atoms with Crippen molar-refractivity contribution >= 4 is 35.6 Å². The summed E-state index contributed by atoms with van der Waals surface area (Å²) < 4.78 is 19.7. The molecule has 178 valence electrons. The van der Waals surface area contributed by atoms with E-state index in [-0.39, 0.29) is 35.1 Å². The summed E-state index contributed by atoms with van der Waals surface area (Å²) in [5.74, 6) is -2.22. The number of imide groups is 1. The van der Waals surface area contributed by atoms with E-state index in [9.17, 15) is 29.3 Å². The summed E-state index contributed by atoms with van der Waals surface area (Å²) in [7, 11) is 2.34. The highest BCUT2D eigenvalue weighted by Crippen LogP contribution is 2.30. The molecule has 0 bridgehead atoms. The first-order valence-electron chi connectivity index (χ1n) is 9.69. The number of hydrogen-bond acceptors (Lipinski definition) is 10. The number of nitrogens with zero attached hydrogens (tertiary/aromatic N) is 2. The monoisotopic (exact) mass is 473 g/mol. The van der Waals surface area contributed by atoms with Gasteiger partial charge < -0.3 is 23.9 Å². The molecule has 13 heteroatoms. The molecule has 0 saturated carbocycles. The topological polar surface area (TPSA) is 168 Å². The molecule has 0 aliphatic carbocycles. The molecule has 1 fully saturated rings. The van der Waals surface area contributed by atoms with Gasteiger partial charge in [-0.1, -0.05) is 6.07 Å². The highest BCUT2D eigenvalue weighted by atomic mass is 16.6. The lowest BCUT2D eigenvalue weighted by molar-refractivity contribution is -0.386. The molecule has 2 heterocycles. The summed E-state index contributed by atoms with van der Waals surface area (Å²) in [6.07, 6.45) is 0.168. The lowest BCUT2D eigenvalue weighted by Gasteiger charge is -2.12. The Bertz CT molecular complexity index is 1200. The largest absolute Gasteiger partial charge is 0.472 e. The minimum atomic E-state index is -1.08. The number of nitrogens with one attached hydrogen (secondary N) is 1. The molecule has 1 unspecified atom stereocenters. The fourth-order valence-corrected chi connectivity index (χ4v) is 2.98. The molecular weight excluding hydrogens is 454 g/mol. The molecular formula is C21H19N3O10. The highest BCUT2D eigenvalue weighted by Gasteiger charge is 2.34. The number of ether oxygens (including phenoxy) is 3. The molecule has 13 nitrogen and oxygen atoms in total. The van der Waals surface area contributed by atoms with Crippen LogP contribution in [0.2, 0.25) is 0 Å². The predicted molar refractivity (Wildman–Crippen MR) is 112 cm³/mol. The minimum Gasteiger partial charge on any atom is -0.472 e. The molecule has 0 spiro atoms. The Balaban J connectivity index is 1.80. The van der Waals surface area contributed by atoms with Crippen LogP contribution in [0.25, 0.3) is 6.08 Å². The molecule has 1 aliphatic heterocycles. The number of nitro groups is 1. The van der Waals surface area contributed by atoms with E-state index in [0.29, 0.717) is 0 Å². The molecule has 1 aromatic carbocycles. The van der Waals surface area contributed by atoms with Crippen molar-refractivity contribution in [1.82, 2.24) is 10.2 Å². The van der Waals surface area contributed by atoms with Crippen molar-refractivity contribution < 1.29 is 42.7 Å². The van der Waals surface area contributed by atoms with Gasteiger partial charge in [0, 0.05) is 6.07 Å². The molecule has 1 saturated heterocycles. The van der Waals surface area contributed by atoms with Crippen LogP contribution in [-0.4, -0.2) is 54.0 Å². The molecule has 1 atom stereocenters. The number of furan rings is 1. The van der Waals surface area contributed by atoms with E-state index in [0.717, 1.165) is 18.1 Å². The first kappa shape index (κ1) is 24.0. The zero-order valence-electron chi connectivity index (χ0n) is 18.2. The van der Waals surface area contributed by atoms with Crippen molar-refractivity contribution in [1.29, 1.82) is 0 Å². The first-order valence-corrected chi connectivity index (χ1v) is 9.69. The van der Waals surface area contributed by atoms with Crippen LogP contribution < -0.4 is 10.1 Å². The molecule has 3 amide bonds. The van der Waals surface area contributed by atoms with Crippen LogP contribution in [0, 0.1) is 10.1 Å². The van der Waals surface area contributed by atoms with Gasteiger partial charge in [-0.15, -0.1) is 0 Å². The molecule has 1 N–H and O–H groups in total. The normalized spacial score (nSPS) is 15.1. The fraction of sp³-hybridized carbons (Fsp3) is 0.238. The van der Waals surface area contributed by atoms with E-state index in [1.165, 1.54) is 44.4 Å². The quantitative estimate of drug-likeness (QED) is 0.197. The predicted octanol–water partition coefficient (Wildman–Crippen LogP) is 2.01. The highest BCUT2D eigenvalue weighted by molar-refractivity contribution is 6.13. The number of carbonyl (C=O) groups is 4. The van der Waals surface area contributed by atoms with E-state index < -0.39 is 40.6 Å². The summed E-state index contributed by atoms with van der Waals surface area (Å²) >= 11 is 0. The Morgan fingerprint density at radius 3 is 2.59 bits per heavy atom. The lowest BCUT2D eigenvalue weighted by Crippen LogP contribution is -2.30. The van der Waals surface area contributed by atoms with Gasteiger partial charge in [-0.25, -0.2) is 14.4 Å². The Morgan fingerprint density at radius 1 is 1.21 bits per heavy atom. The number of benzene rings is 1. The van der Waals surface area contributed by atoms with E-state index in [4.69, 9.17) is 9.15 Å². The van der Waals surface area contributed by atoms with E-state index >= 15 is 0 Å². The van der Waals surface area contributed by atoms with Gasteiger partial charge in [-0.3, -0.25) is 19.8 Å². The number of hydrogen-bond donors (Lipinski definition) is 1. The summed E-state index contributed by atoms with van der Waals surface area (Å²) in [5.41, 5.74) is -0.360. The molecule has 34 heavy (non-hydrogen) atoms. The number of rotatable bonds is 8. The molecule has 3 rings (SSSR count). The van der Waals surface area contributed by atoms with Crippen LogP contribution >= 0.6 is 0 Å². The zero-order chi connectivity index (χ0) is 25.0.